The van der Waals surface area contributed by atoms with Crippen molar-refractivity contribution in [3.05, 3.63) is 99.9 Å². The molecule has 0 saturated carbocycles. The van der Waals surface area contributed by atoms with Crippen molar-refractivity contribution >= 4 is 38.0 Å². The predicted molar refractivity (Wildman–Crippen MR) is 242 cm³/mol. The second kappa shape index (κ2) is 20.3. The van der Waals surface area contributed by atoms with Gasteiger partial charge in [0.15, 0.2) is 5.78 Å². The first kappa shape index (κ1) is 53.7. The normalized spacial score (nSPS) is 13.1. The summed E-state index contributed by atoms with van der Waals surface area (Å²) >= 11 is 1.03. The Morgan fingerprint density at radius 1 is 0.794 bits per heavy atom. The molecule has 347 valence electrons. The van der Waals surface area contributed by atoms with Crippen LogP contribution in [-0.2, 0) is 42.4 Å². The van der Waals surface area contributed by atoms with Crippen LogP contribution in [0.25, 0.3) is 42.6 Å². The number of ketones is 1. The zero-order chi connectivity index (χ0) is 46.9. The number of aliphatic hydroxyl groups is 1. The number of nitrogens with zero attached hydrogens (tertiary/aromatic N) is 1. The third-order valence-electron chi connectivity index (χ3n) is 11.6. The molecule has 0 spiro atoms. The molecule has 0 atom stereocenters. The van der Waals surface area contributed by atoms with Gasteiger partial charge in [-0.15, -0.1) is 40.5 Å². The summed E-state index contributed by atoms with van der Waals surface area (Å²) in [5.74, 6) is 0.547. The van der Waals surface area contributed by atoms with Gasteiger partial charge in [0.05, 0.1) is 5.76 Å². The van der Waals surface area contributed by atoms with Crippen molar-refractivity contribution in [2.75, 3.05) is 0 Å². The number of pyridine rings is 1. The number of rotatable bonds is 11. The van der Waals surface area contributed by atoms with Gasteiger partial charge in [-0.05, 0) is 96.9 Å². The second-order valence-corrected chi connectivity index (χ2v) is 19.7. The Balaban J connectivity index is 0.000000565. The number of thiophene rings is 1. The third kappa shape index (κ3) is 11.4. The molecule has 63 heavy (non-hydrogen) atoms. The summed E-state index contributed by atoms with van der Waals surface area (Å²) in [6, 6.07) is 16.6. The van der Waals surface area contributed by atoms with Gasteiger partial charge in [0.25, 0.3) is 0 Å². The molecule has 3 aromatic carbocycles. The number of aromatic nitrogens is 1. The van der Waals surface area contributed by atoms with Crippen molar-refractivity contribution < 1.29 is 60.7 Å². The standard InChI is InChI=1S/C38H37F7NS.C13H24O2.Ir/c1-20-14-23(18-34(4,5)6)15-21(2)29(20)32-22(3)30-28(36(39,37(40,41)42)38(43,44)45)19-46-31(33(30)47-32)25-16-24-12-10-11-13-26(24)27(17-25)35(7,8)9;1-5-10(6-2)12(14)9-13(15)11(7-3)8-4;/h10-15,17,19H,18H2,1-9H3;9-11,14H,5-8H2,1-4H3;/q-1;;/b;12-9-;. The molecule has 3 nitrogen and oxygen atoms in total. The zero-order valence-electron chi connectivity index (χ0n) is 38.6. The molecule has 0 bridgehead atoms. The number of alkyl halides is 7. The van der Waals surface area contributed by atoms with E-state index in [4.69, 9.17) is 0 Å². The molecule has 2 aromatic heterocycles. The maximum absolute atomic E-state index is 15.9. The Kier molecular flexibility index (Phi) is 17.3. The van der Waals surface area contributed by atoms with Gasteiger partial charge in [-0.1, -0.05) is 111 Å². The van der Waals surface area contributed by atoms with E-state index >= 15 is 4.39 Å². The van der Waals surface area contributed by atoms with E-state index in [2.05, 4.69) is 31.8 Å². The Morgan fingerprint density at radius 3 is 1.79 bits per heavy atom. The van der Waals surface area contributed by atoms with E-state index in [0.717, 1.165) is 71.1 Å². The second-order valence-electron chi connectivity index (χ2n) is 18.7. The fraction of sp³-hybridized carbons (Fsp3) is 0.490. The van der Waals surface area contributed by atoms with Gasteiger partial charge >= 0.3 is 18.0 Å². The fourth-order valence-corrected chi connectivity index (χ4v) is 9.81. The number of carbonyl (C=O) groups excluding carboxylic acids is 1. The van der Waals surface area contributed by atoms with Crippen LogP contribution in [-0.4, -0.2) is 28.2 Å². The smallest absolute Gasteiger partial charge is 0.436 e. The summed E-state index contributed by atoms with van der Waals surface area (Å²) in [5, 5.41) is 11.0. The Hall–Kier alpha value is -3.60. The van der Waals surface area contributed by atoms with Crippen LogP contribution in [0.15, 0.2) is 60.5 Å². The summed E-state index contributed by atoms with van der Waals surface area (Å²) in [5.41, 5.74) is -2.61. The molecular weight excluding hydrogens is 1020 g/mol. The van der Waals surface area contributed by atoms with Crippen molar-refractivity contribution in [3.63, 3.8) is 0 Å². The predicted octanol–water partition coefficient (Wildman–Crippen LogP) is 16.6. The summed E-state index contributed by atoms with van der Waals surface area (Å²) in [6.07, 6.45) is -6.48. The van der Waals surface area contributed by atoms with Crippen molar-refractivity contribution in [1.29, 1.82) is 0 Å². The van der Waals surface area contributed by atoms with Crippen LogP contribution in [0, 0.1) is 44.1 Å². The number of hydrogen-bond donors (Lipinski definition) is 1. The van der Waals surface area contributed by atoms with Gasteiger partial charge in [-0.3, -0.25) is 9.78 Å². The molecule has 0 saturated heterocycles. The van der Waals surface area contributed by atoms with Gasteiger partial charge in [-0.25, -0.2) is 4.39 Å². The molecule has 2 heterocycles. The van der Waals surface area contributed by atoms with E-state index in [0.29, 0.717) is 27.6 Å². The maximum Gasteiger partial charge on any atom is 0.436 e. The molecular formula is C51H61F7IrNO2S-. The van der Waals surface area contributed by atoms with Gasteiger partial charge < -0.3 is 5.11 Å². The maximum atomic E-state index is 15.9. The number of fused-ring (bicyclic) bond motifs is 2. The van der Waals surface area contributed by atoms with E-state index in [1.807, 2.05) is 105 Å². The molecule has 0 fully saturated rings. The largest absolute Gasteiger partial charge is 0.512 e. The van der Waals surface area contributed by atoms with Gasteiger partial charge in [0.1, 0.15) is 0 Å². The number of hydrogen-bond acceptors (Lipinski definition) is 4. The molecule has 12 heteroatoms. The summed E-state index contributed by atoms with van der Waals surface area (Å²) in [6.45, 7) is 25.6. The van der Waals surface area contributed by atoms with Crippen LogP contribution in [0.1, 0.15) is 128 Å². The topological polar surface area (TPSA) is 50.2 Å². The Bertz CT molecular complexity index is 2390. The van der Waals surface area contributed by atoms with Crippen molar-refractivity contribution in [3.8, 4) is 21.7 Å². The van der Waals surface area contributed by atoms with Crippen molar-refractivity contribution in [2.45, 2.75) is 146 Å². The first-order chi connectivity index (χ1) is 28.6. The van der Waals surface area contributed by atoms with E-state index in [-0.39, 0.29) is 70.3 Å². The summed E-state index contributed by atoms with van der Waals surface area (Å²) in [7, 11) is 0. The van der Waals surface area contributed by atoms with Crippen LogP contribution in [0.2, 0.25) is 0 Å². The average Bonchev–Trinajstić information content (AvgIpc) is 3.48. The van der Waals surface area contributed by atoms with Crippen LogP contribution < -0.4 is 0 Å². The molecule has 5 rings (SSSR count). The van der Waals surface area contributed by atoms with Gasteiger partial charge in [0, 0.05) is 65.0 Å². The van der Waals surface area contributed by atoms with E-state index in [9.17, 15) is 36.2 Å². The Labute approximate surface area is 386 Å². The summed E-state index contributed by atoms with van der Waals surface area (Å²) in [4.78, 5) is 16.4. The molecule has 0 aliphatic heterocycles. The van der Waals surface area contributed by atoms with Crippen LogP contribution in [0.4, 0.5) is 30.7 Å². The molecule has 0 unspecified atom stereocenters. The van der Waals surface area contributed by atoms with Gasteiger partial charge in [0.2, 0.25) is 0 Å². The first-order valence-corrected chi connectivity index (χ1v) is 22.1. The minimum absolute atomic E-state index is 0. The molecule has 5 aromatic rings. The molecule has 1 N–H and O–H groups in total. The van der Waals surface area contributed by atoms with Gasteiger partial charge in [-0.2, -0.15) is 26.3 Å². The molecule has 1 radical (unpaired) electrons. The van der Waals surface area contributed by atoms with Crippen LogP contribution in [0.5, 0.6) is 0 Å². The zero-order valence-corrected chi connectivity index (χ0v) is 41.8. The number of aryl methyl sites for hydroxylation is 3. The number of carbonyl (C=O) groups is 1. The van der Waals surface area contributed by atoms with Crippen LogP contribution in [0.3, 0.4) is 0 Å². The third-order valence-corrected chi connectivity index (χ3v) is 12.9. The van der Waals surface area contributed by atoms with Crippen LogP contribution >= 0.6 is 11.3 Å². The summed E-state index contributed by atoms with van der Waals surface area (Å²) < 4.78 is 101. The molecule has 0 aliphatic rings. The van der Waals surface area contributed by atoms with E-state index in [1.54, 1.807) is 0 Å². The number of halogens is 7. The quantitative estimate of drug-likeness (QED) is 0.0621. The van der Waals surface area contributed by atoms with E-state index in [1.165, 1.54) is 13.0 Å². The number of allylic oxidation sites excluding steroid dienone is 2. The monoisotopic (exact) mass is 1080 g/mol. The average molecular weight is 1080 g/mol. The minimum atomic E-state index is -6.29. The molecule has 0 amide bonds. The number of aliphatic hydroxyl groups excluding tert-OH is 1. The van der Waals surface area contributed by atoms with E-state index < -0.39 is 29.0 Å². The minimum Gasteiger partial charge on any atom is -0.512 e. The van der Waals surface area contributed by atoms with Crippen molar-refractivity contribution in [1.82, 2.24) is 4.98 Å². The van der Waals surface area contributed by atoms with Crippen molar-refractivity contribution in [2.24, 2.45) is 17.3 Å². The first-order valence-electron chi connectivity index (χ1n) is 21.3. The fourth-order valence-electron chi connectivity index (χ4n) is 8.30. The number of benzene rings is 3. The SMILES string of the molecule is CCC(CC)C(=O)/C=C(\O)C(CC)CC.Cc1cc(CC(C)(C)C)cc(C)c1-c1sc2c(-c3[c-]c4ccccc4c(C(C)(C)C)c3)ncc(C(F)(C(F)(F)F)C(F)(F)F)c2c1C.[Ir]. The Morgan fingerprint density at radius 2 is 1.32 bits per heavy atom. The molecule has 0 aliphatic carbocycles.